The van der Waals surface area contributed by atoms with Crippen molar-refractivity contribution in [1.29, 1.82) is 0 Å². The largest absolute Gasteiger partial charge is 0.395 e. The Kier molecular flexibility index (Phi) is 8.34. The first kappa shape index (κ1) is 24.8. The molecule has 2 aromatic carbocycles. The topological polar surface area (TPSA) is 91.3 Å². The Morgan fingerprint density at radius 1 is 1.03 bits per heavy atom. The van der Waals surface area contributed by atoms with E-state index in [0.717, 1.165) is 48.2 Å². The first-order valence-electron chi connectivity index (χ1n) is 12.2. The summed E-state index contributed by atoms with van der Waals surface area (Å²) in [5.41, 5.74) is 3.87. The number of nitrogens with one attached hydrogen (secondary N) is 1. The number of rotatable bonds is 8. The molecule has 2 aromatic rings. The fraction of sp³-hybridized carbons (Fsp3) is 0.519. The van der Waals surface area contributed by atoms with E-state index < -0.39 is 6.29 Å². The fourth-order valence-electron chi connectivity index (χ4n) is 4.92. The highest BCUT2D eigenvalue weighted by molar-refractivity contribution is 5.72. The van der Waals surface area contributed by atoms with Crippen LogP contribution in [0.5, 0.6) is 0 Å². The molecular formula is C27H36N2O5. The molecule has 7 nitrogen and oxygen atoms in total. The molecule has 0 spiro atoms. The van der Waals surface area contributed by atoms with Crippen LogP contribution >= 0.6 is 0 Å². The highest BCUT2D eigenvalue weighted by Crippen LogP contribution is 2.42. The van der Waals surface area contributed by atoms with Gasteiger partial charge in [-0.05, 0) is 36.1 Å². The molecule has 2 saturated heterocycles. The number of amides is 1. The second-order valence-electron chi connectivity index (χ2n) is 9.45. The summed E-state index contributed by atoms with van der Waals surface area (Å²) in [6, 6.07) is 16.1. The number of nitrogens with zero attached hydrogens (tertiary/aromatic N) is 1. The Hall–Kier alpha value is -2.29. The molecule has 2 aliphatic rings. The molecule has 34 heavy (non-hydrogen) atoms. The van der Waals surface area contributed by atoms with Crippen LogP contribution in [-0.2, 0) is 27.4 Å². The Balaban J connectivity index is 1.56. The van der Waals surface area contributed by atoms with E-state index in [1.807, 2.05) is 48.5 Å². The van der Waals surface area contributed by atoms with Crippen molar-refractivity contribution in [1.82, 2.24) is 10.2 Å². The summed E-state index contributed by atoms with van der Waals surface area (Å²) in [4.78, 5) is 13.6. The molecular weight excluding hydrogens is 432 g/mol. The number of aliphatic hydroxyl groups excluding tert-OH is 2. The van der Waals surface area contributed by atoms with Crippen LogP contribution < -0.4 is 5.32 Å². The van der Waals surface area contributed by atoms with Gasteiger partial charge < -0.3 is 25.0 Å². The highest BCUT2D eigenvalue weighted by Gasteiger charge is 2.40. The lowest BCUT2D eigenvalue weighted by molar-refractivity contribution is -0.276. The summed E-state index contributed by atoms with van der Waals surface area (Å²) >= 11 is 0. The van der Waals surface area contributed by atoms with Crippen molar-refractivity contribution in [2.75, 3.05) is 19.7 Å². The van der Waals surface area contributed by atoms with E-state index in [-0.39, 0.29) is 43.3 Å². The van der Waals surface area contributed by atoms with E-state index in [2.05, 4.69) is 17.1 Å². The summed E-state index contributed by atoms with van der Waals surface area (Å²) in [5.74, 6) is 0.0493. The van der Waals surface area contributed by atoms with Gasteiger partial charge in [-0.15, -0.1) is 0 Å². The average molecular weight is 469 g/mol. The third-order valence-electron chi connectivity index (χ3n) is 7.04. The number of hydrogen-bond donors (Lipinski definition) is 3. The molecule has 2 aliphatic heterocycles. The normalized spacial score (nSPS) is 27.6. The molecule has 4 rings (SSSR count). The molecule has 2 heterocycles. The molecule has 0 saturated carbocycles. The van der Waals surface area contributed by atoms with E-state index in [1.165, 1.54) is 6.92 Å². The monoisotopic (exact) mass is 468 g/mol. The van der Waals surface area contributed by atoms with Crippen LogP contribution in [0.2, 0.25) is 0 Å². The maximum atomic E-state index is 11.2. The highest BCUT2D eigenvalue weighted by atomic mass is 16.7. The van der Waals surface area contributed by atoms with Gasteiger partial charge in [0.1, 0.15) is 0 Å². The van der Waals surface area contributed by atoms with Crippen LogP contribution in [0, 0.1) is 5.92 Å². The number of ether oxygens (including phenoxy) is 2. The maximum Gasteiger partial charge on any atom is 0.217 e. The smallest absolute Gasteiger partial charge is 0.217 e. The minimum absolute atomic E-state index is 0.0120. The molecule has 0 bridgehead atoms. The number of benzene rings is 2. The van der Waals surface area contributed by atoms with Crippen molar-refractivity contribution in [3.05, 3.63) is 70.8 Å². The van der Waals surface area contributed by atoms with Crippen molar-refractivity contribution in [2.45, 2.75) is 64.4 Å². The van der Waals surface area contributed by atoms with E-state index in [4.69, 9.17) is 9.47 Å². The lowest BCUT2D eigenvalue weighted by Gasteiger charge is -2.43. The maximum absolute atomic E-state index is 11.2. The Morgan fingerprint density at radius 2 is 1.71 bits per heavy atom. The standard InChI is InChI=1S/C27H36N2O5/c1-18-25(15-29-13-3-4-24(29)17-31)33-27(23-11-5-20(6-12-23)14-28-19(2)32)34-26(18)22-9-7-21(16-30)8-10-22/h5-12,18,24-27,30-31H,3-4,13-17H2,1-2H3,(H,28,32)/t18-,24+,25+,26+,27+/m1/s1. The lowest BCUT2D eigenvalue weighted by atomic mass is 9.90. The van der Waals surface area contributed by atoms with Gasteiger partial charge in [-0.25, -0.2) is 0 Å². The third-order valence-corrected chi connectivity index (χ3v) is 7.04. The molecule has 2 fully saturated rings. The second-order valence-corrected chi connectivity index (χ2v) is 9.45. The minimum atomic E-state index is -0.520. The van der Waals surface area contributed by atoms with Gasteiger partial charge in [-0.1, -0.05) is 55.5 Å². The first-order valence-corrected chi connectivity index (χ1v) is 12.2. The van der Waals surface area contributed by atoms with Gasteiger partial charge in [-0.2, -0.15) is 0 Å². The van der Waals surface area contributed by atoms with Crippen molar-refractivity contribution >= 4 is 5.91 Å². The summed E-state index contributed by atoms with van der Waals surface area (Å²) in [5, 5.41) is 22.0. The second kappa shape index (κ2) is 11.4. The van der Waals surface area contributed by atoms with Crippen LogP contribution in [0.3, 0.4) is 0 Å². The zero-order valence-electron chi connectivity index (χ0n) is 20.0. The van der Waals surface area contributed by atoms with Gasteiger partial charge in [0.15, 0.2) is 6.29 Å². The molecule has 0 unspecified atom stereocenters. The van der Waals surface area contributed by atoms with Gasteiger partial charge in [0.25, 0.3) is 0 Å². The molecule has 0 radical (unpaired) electrons. The van der Waals surface area contributed by atoms with Crippen LogP contribution in [0.1, 0.15) is 61.3 Å². The number of carbonyl (C=O) groups is 1. The minimum Gasteiger partial charge on any atom is -0.395 e. The van der Waals surface area contributed by atoms with Crippen molar-refractivity contribution in [3.63, 3.8) is 0 Å². The number of carbonyl (C=O) groups excluding carboxylic acids is 1. The van der Waals surface area contributed by atoms with Gasteiger partial charge in [0.2, 0.25) is 5.91 Å². The van der Waals surface area contributed by atoms with Crippen molar-refractivity contribution < 1.29 is 24.5 Å². The number of hydrogen-bond acceptors (Lipinski definition) is 6. The van der Waals surface area contributed by atoms with E-state index in [0.29, 0.717) is 6.54 Å². The SMILES string of the molecule is CC(=O)NCc1ccc([C@H]2O[C@@H](CN3CCC[C@H]3CO)[C@@H](C)[C@@H](c3ccc(CO)cc3)O2)cc1. The predicted molar refractivity (Wildman–Crippen MR) is 129 cm³/mol. The molecule has 5 atom stereocenters. The Bertz CT molecular complexity index is 933. The van der Waals surface area contributed by atoms with Crippen LogP contribution in [0.25, 0.3) is 0 Å². The first-order chi connectivity index (χ1) is 16.5. The fourth-order valence-corrected chi connectivity index (χ4v) is 4.92. The van der Waals surface area contributed by atoms with E-state index >= 15 is 0 Å². The van der Waals surface area contributed by atoms with Gasteiger partial charge >= 0.3 is 0 Å². The summed E-state index contributed by atoms with van der Waals surface area (Å²) < 4.78 is 13.0. The van der Waals surface area contributed by atoms with Crippen LogP contribution in [0.15, 0.2) is 48.5 Å². The van der Waals surface area contributed by atoms with Crippen molar-refractivity contribution in [2.24, 2.45) is 5.92 Å². The van der Waals surface area contributed by atoms with E-state index in [1.54, 1.807) is 0 Å². The molecule has 7 heteroatoms. The van der Waals surface area contributed by atoms with Gasteiger partial charge in [-0.3, -0.25) is 9.69 Å². The molecule has 3 N–H and O–H groups in total. The third kappa shape index (κ3) is 5.85. The molecule has 0 aromatic heterocycles. The zero-order valence-corrected chi connectivity index (χ0v) is 20.0. The summed E-state index contributed by atoms with van der Waals surface area (Å²) in [6.07, 6.45) is 1.36. The molecule has 184 valence electrons. The Labute approximate surface area is 201 Å². The van der Waals surface area contributed by atoms with Gasteiger partial charge in [0.05, 0.1) is 25.4 Å². The Morgan fingerprint density at radius 3 is 2.35 bits per heavy atom. The van der Waals surface area contributed by atoms with Crippen LogP contribution in [0.4, 0.5) is 0 Å². The van der Waals surface area contributed by atoms with Crippen molar-refractivity contribution in [3.8, 4) is 0 Å². The summed E-state index contributed by atoms with van der Waals surface area (Å²) in [7, 11) is 0. The zero-order chi connectivity index (χ0) is 24.1. The van der Waals surface area contributed by atoms with Gasteiger partial charge in [0, 0.05) is 37.5 Å². The number of aliphatic hydroxyl groups is 2. The predicted octanol–water partition coefficient (Wildman–Crippen LogP) is 3.06. The summed E-state index contributed by atoms with van der Waals surface area (Å²) in [6.45, 7) is 6.05. The number of likely N-dealkylation sites (tertiary alicyclic amines) is 1. The lowest BCUT2D eigenvalue weighted by Crippen LogP contribution is -2.46. The molecule has 1 amide bonds. The van der Waals surface area contributed by atoms with E-state index in [9.17, 15) is 15.0 Å². The van der Waals surface area contributed by atoms with Crippen LogP contribution in [-0.4, -0.2) is 52.9 Å². The average Bonchev–Trinajstić information content (AvgIpc) is 3.31. The molecule has 0 aliphatic carbocycles. The quantitative estimate of drug-likeness (QED) is 0.552.